The van der Waals surface area contributed by atoms with Crippen molar-refractivity contribution in [1.82, 2.24) is 5.32 Å². The van der Waals surface area contributed by atoms with Crippen LogP contribution in [0, 0.1) is 5.82 Å². The number of hydrogen-bond acceptors (Lipinski definition) is 4. The molecule has 0 heterocycles. The number of aliphatic hydroxyl groups is 1. The van der Waals surface area contributed by atoms with Crippen LogP contribution in [0.25, 0.3) is 0 Å². The van der Waals surface area contributed by atoms with Crippen LogP contribution in [-0.4, -0.2) is 41.8 Å². The molecule has 6 nitrogen and oxygen atoms in total. The Hall–Kier alpha value is -1.99. The zero-order valence-electron chi connectivity index (χ0n) is 11.6. The molecule has 0 aliphatic heterocycles. The van der Waals surface area contributed by atoms with Gasteiger partial charge in [-0.05, 0) is 17.7 Å². The molecule has 0 spiro atoms. The first kappa shape index (κ1) is 17.1. The van der Waals surface area contributed by atoms with Crippen LogP contribution in [-0.2, 0) is 14.3 Å². The lowest BCUT2D eigenvalue weighted by atomic mass is 10.1. The summed E-state index contributed by atoms with van der Waals surface area (Å²) in [5.41, 5.74) is 0.258. The van der Waals surface area contributed by atoms with Crippen molar-refractivity contribution in [2.45, 2.75) is 25.0 Å². The van der Waals surface area contributed by atoms with E-state index in [1.54, 1.807) is 0 Å². The summed E-state index contributed by atoms with van der Waals surface area (Å²) in [6, 6.07) is 4.17. The van der Waals surface area contributed by atoms with Crippen LogP contribution in [0.15, 0.2) is 24.3 Å². The van der Waals surface area contributed by atoms with Gasteiger partial charge in [-0.2, -0.15) is 0 Å². The van der Waals surface area contributed by atoms with E-state index in [1.807, 2.05) is 0 Å². The Bertz CT molecular complexity index is 494. The van der Waals surface area contributed by atoms with Crippen LogP contribution in [0.5, 0.6) is 0 Å². The molecule has 0 radical (unpaired) electrons. The Morgan fingerprint density at radius 3 is 2.71 bits per heavy atom. The van der Waals surface area contributed by atoms with E-state index in [0.29, 0.717) is 0 Å². The monoisotopic (exact) mass is 299 g/mol. The lowest BCUT2D eigenvalue weighted by molar-refractivity contribution is -0.142. The average molecular weight is 299 g/mol. The third kappa shape index (κ3) is 5.88. The minimum atomic E-state index is -1.20. The van der Waals surface area contributed by atoms with Crippen molar-refractivity contribution in [3.05, 3.63) is 35.6 Å². The number of methoxy groups -OCH3 is 1. The molecule has 2 atom stereocenters. The Morgan fingerprint density at radius 1 is 1.43 bits per heavy atom. The van der Waals surface area contributed by atoms with Crippen molar-refractivity contribution < 1.29 is 28.9 Å². The Morgan fingerprint density at radius 2 is 2.14 bits per heavy atom. The van der Waals surface area contributed by atoms with Gasteiger partial charge >= 0.3 is 5.97 Å². The number of carbonyl (C=O) groups excluding carboxylic acids is 1. The van der Waals surface area contributed by atoms with E-state index in [2.05, 4.69) is 5.32 Å². The van der Waals surface area contributed by atoms with Crippen molar-refractivity contribution >= 4 is 11.9 Å². The lowest BCUT2D eigenvalue weighted by Gasteiger charge is -2.16. The number of hydrogen-bond donors (Lipinski definition) is 3. The number of ether oxygens (including phenoxy) is 1. The summed E-state index contributed by atoms with van der Waals surface area (Å²) in [5, 5.41) is 21.1. The van der Waals surface area contributed by atoms with Gasteiger partial charge in [-0.3, -0.25) is 4.79 Å². The second-order valence-electron chi connectivity index (χ2n) is 4.51. The Labute approximate surface area is 121 Å². The zero-order chi connectivity index (χ0) is 15.8. The standard InChI is InChI=1S/C14H18FNO5/c1-21-6-5-11(14(19)20)16-13(18)8-12(17)9-3-2-4-10(15)7-9/h2-4,7,11-12,17H,5-6,8H2,1H3,(H,16,18)(H,19,20). The van der Waals surface area contributed by atoms with Crippen molar-refractivity contribution in [2.24, 2.45) is 0 Å². The van der Waals surface area contributed by atoms with Gasteiger partial charge in [-0.1, -0.05) is 12.1 Å². The predicted molar refractivity (Wildman–Crippen MR) is 72.0 cm³/mol. The summed E-state index contributed by atoms with van der Waals surface area (Å²) >= 11 is 0. The van der Waals surface area contributed by atoms with Crippen LogP contribution in [0.3, 0.4) is 0 Å². The molecule has 0 fully saturated rings. The van der Waals surface area contributed by atoms with E-state index in [-0.39, 0.29) is 25.0 Å². The van der Waals surface area contributed by atoms with E-state index >= 15 is 0 Å². The number of carbonyl (C=O) groups is 2. The average Bonchev–Trinajstić information content (AvgIpc) is 2.43. The van der Waals surface area contributed by atoms with Crippen LogP contribution in [0.4, 0.5) is 4.39 Å². The molecule has 0 bridgehead atoms. The fourth-order valence-electron chi connectivity index (χ4n) is 1.75. The highest BCUT2D eigenvalue weighted by Crippen LogP contribution is 2.17. The highest BCUT2D eigenvalue weighted by molar-refractivity contribution is 5.83. The van der Waals surface area contributed by atoms with Crippen LogP contribution >= 0.6 is 0 Å². The summed E-state index contributed by atoms with van der Waals surface area (Å²) in [4.78, 5) is 22.7. The first-order chi connectivity index (χ1) is 9.93. The largest absolute Gasteiger partial charge is 0.480 e. The Kier molecular flexibility index (Phi) is 6.77. The quantitative estimate of drug-likeness (QED) is 0.661. The molecule has 1 aromatic rings. The summed E-state index contributed by atoms with van der Waals surface area (Å²) in [5.74, 6) is -2.33. The van der Waals surface area contributed by atoms with Crippen molar-refractivity contribution in [3.63, 3.8) is 0 Å². The first-order valence-electron chi connectivity index (χ1n) is 6.38. The number of rotatable bonds is 8. The molecule has 7 heteroatoms. The minimum Gasteiger partial charge on any atom is -0.480 e. The van der Waals surface area contributed by atoms with Crippen molar-refractivity contribution in [1.29, 1.82) is 0 Å². The molecular formula is C14H18FNO5. The number of amides is 1. The molecule has 2 unspecified atom stereocenters. The highest BCUT2D eigenvalue weighted by Gasteiger charge is 2.21. The van der Waals surface area contributed by atoms with Gasteiger partial charge in [-0.15, -0.1) is 0 Å². The molecule has 1 aromatic carbocycles. The third-order valence-electron chi connectivity index (χ3n) is 2.86. The smallest absolute Gasteiger partial charge is 0.326 e. The van der Waals surface area contributed by atoms with Gasteiger partial charge in [0, 0.05) is 20.1 Å². The van der Waals surface area contributed by atoms with Gasteiger partial charge in [-0.25, -0.2) is 9.18 Å². The summed E-state index contributed by atoms with van der Waals surface area (Å²) in [6.45, 7) is 0.184. The molecule has 0 aromatic heterocycles. The number of halogens is 1. The van der Waals surface area contributed by atoms with Crippen molar-refractivity contribution in [3.8, 4) is 0 Å². The minimum absolute atomic E-state index is 0.119. The molecule has 116 valence electrons. The van der Waals surface area contributed by atoms with Gasteiger partial charge in [0.2, 0.25) is 5.91 Å². The predicted octanol–water partition coefficient (Wildman–Crippen LogP) is 0.855. The highest BCUT2D eigenvalue weighted by atomic mass is 19.1. The molecule has 0 saturated heterocycles. The maximum Gasteiger partial charge on any atom is 0.326 e. The fourth-order valence-corrected chi connectivity index (χ4v) is 1.75. The molecule has 1 amide bonds. The van der Waals surface area contributed by atoms with E-state index in [9.17, 15) is 19.1 Å². The van der Waals surface area contributed by atoms with Gasteiger partial charge in [0.1, 0.15) is 11.9 Å². The molecule has 21 heavy (non-hydrogen) atoms. The summed E-state index contributed by atoms with van der Waals surface area (Å²) < 4.78 is 17.8. The van der Waals surface area contributed by atoms with Gasteiger partial charge in [0.15, 0.2) is 0 Å². The summed E-state index contributed by atoms with van der Waals surface area (Å²) in [6.07, 6.45) is -1.43. The number of aliphatic hydroxyl groups excluding tert-OH is 1. The molecular weight excluding hydrogens is 281 g/mol. The second kappa shape index (κ2) is 8.33. The van der Waals surface area contributed by atoms with Crippen LogP contribution in [0.2, 0.25) is 0 Å². The summed E-state index contributed by atoms with van der Waals surface area (Å²) in [7, 11) is 1.43. The topological polar surface area (TPSA) is 95.9 Å². The molecule has 0 aliphatic carbocycles. The SMILES string of the molecule is COCCC(NC(=O)CC(O)c1cccc(F)c1)C(=O)O. The molecule has 1 rings (SSSR count). The molecule has 3 N–H and O–H groups in total. The zero-order valence-corrected chi connectivity index (χ0v) is 11.6. The van der Waals surface area contributed by atoms with Crippen LogP contribution < -0.4 is 5.32 Å². The molecule has 0 aliphatic rings. The maximum atomic E-state index is 13.0. The van der Waals surface area contributed by atoms with Crippen molar-refractivity contribution in [2.75, 3.05) is 13.7 Å². The van der Waals surface area contributed by atoms with Gasteiger partial charge in [0.25, 0.3) is 0 Å². The normalized spacial score (nSPS) is 13.5. The molecule has 0 saturated carbocycles. The second-order valence-corrected chi connectivity index (χ2v) is 4.51. The van der Waals surface area contributed by atoms with E-state index in [1.165, 1.54) is 25.3 Å². The van der Waals surface area contributed by atoms with E-state index in [4.69, 9.17) is 9.84 Å². The van der Waals surface area contributed by atoms with Gasteiger partial charge in [0.05, 0.1) is 12.5 Å². The van der Waals surface area contributed by atoms with Gasteiger partial charge < -0.3 is 20.3 Å². The number of carboxylic acids is 1. The number of nitrogens with one attached hydrogen (secondary N) is 1. The first-order valence-corrected chi connectivity index (χ1v) is 6.38. The van der Waals surface area contributed by atoms with E-state index < -0.39 is 29.8 Å². The maximum absolute atomic E-state index is 13.0. The lowest BCUT2D eigenvalue weighted by Crippen LogP contribution is -2.41. The van der Waals surface area contributed by atoms with Crippen LogP contribution in [0.1, 0.15) is 24.5 Å². The van der Waals surface area contributed by atoms with E-state index in [0.717, 1.165) is 6.07 Å². The number of benzene rings is 1. The fraction of sp³-hybridized carbons (Fsp3) is 0.429. The third-order valence-corrected chi connectivity index (χ3v) is 2.86. The number of carboxylic acid groups (broad SMARTS) is 1. The number of aliphatic carboxylic acids is 1. The Balaban J connectivity index is 2.57.